The van der Waals surface area contributed by atoms with Crippen molar-refractivity contribution >= 4 is 5.91 Å². The molecule has 0 spiro atoms. The van der Waals surface area contributed by atoms with Gasteiger partial charge in [-0.05, 0) is 57.4 Å². The molecule has 1 saturated heterocycles. The van der Waals surface area contributed by atoms with Gasteiger partial charge < -0.3 is 10.6 Å². The summed E-state index contributed by atoms with van der Waals surface area (Å²) in [5, 5.41) is 6.84. The average molecular weight is 294 g/mol. The summed E-state index contributed by atoms with van der Waals surface area (Å²) in [6, 6.07) is 0.432. The summed E-state index contributed by atoms with van der Waals surface area (Å²) in [4.78, 5) is 12.8. The van der Waals surface area contributed by atoms with Crippen LogP contribution in [0.4, 0.5) is 0 Å². The number of hydrogen-bond acceptors (Lipinski definition) is 2. The van der Waals surface area contributed by atoms with Gasteiger partial charge >= 0.3 is 0 Å². The van der Waals surface area contributed by atoms with Gasteiger partial charge in [0.15, 0.2) is 0 Å². The first-order valence-electron chi connectivity index (χ1n) is 9.22. The number of hydrogen-bond donors (Lipinski definition) is 2. The molecule has 1 aliphatic heterocycles. The van der Waals surface area contributed by atoms with E-state index >= 15 is 0 Å². The molecular weight excluding hydrogens is 260 g/mol. The van der Waals surface area contributed by atoms with Crippen molar-refractivity contribution < 1.29 is 4.79 Å². The van der Waals surface area contributed by atoms with Crippen molar-refractivity contribution in [1.29, 1.82) is 0 Å². The second-order valence-electron chi connectivity index (χ2n) is 7.29. The van der Waals surface area contributed by atoms with E-state index in [2.05, 4.69) is 24.5 Å². The van der Waals surface area contributed by atoms with Crippen molar-refractivity contribution in [2.75, 3.05) is 13.1 Å². The van der Waals surface area contributed by atoms with Crippen LogP contribution in [0.1, 0.15) is 78.1 Å². The highest BCUT2D eigenvalue weighted by molar-refractivity contribution is 5.83. The Morgan fingerprint density at radius 3 is 2.52 bits per heavy atom. The van der Waals surface area contributed by atoms with Crippen LogP contribution < -0.4 is 10.6 Å². The first-order chi connectivity index (χ1) is 10.2. The fourth-order valence-corrected chi connectivity index (χ4v) is 4.31. The lowest BCUT2D eigenvalue weighted by molar-refractivity contribution is -0.133. The Labute approximate surface area is 130 Å². The molecule has 0 aromatic carbocycles. The Hall–Kier alpha value is -0.570. The first kappa shape index (κ1) is 16.8. The molecule has 1 atom stereocenters. The van der Waals surface area contributed by atoms with Gasteiger partial charge in [0.25, 0.3) is 0 Å². The molecule has 3 heteroatoms. The molecule has 2 rings (SSSR count). The van der Waals surface area contributed by atoms with Crippen molar-refractivity contribution in [3.8, 4) is 0 Å². The predicted octanol–water partition coefficient (Wildman–Crippen LogP) is 3.63. The highest BCUT2D eigenvalue weighted by atomic mass is 16.2. The molecule has 0 radical (unpaired) electrons. The normalized spacial score (nSPS) is 33.6. The van der Waals surface area contributed by atoms with Gasteiger partial charge in [0.05, 0.1) is 5.41 Å². The van der Waals surface area contributed by atoms with Crippen molar-refractivity contribution in [3.05, 3.63) is 0 Å². The minimum atomic E-state index is -0.132. The third-order valence-corrected chi connectivity index (χ3v) is 5.56. The summed E-state index contributed by atoms with van der Waals surface area (Å²) in [6.45, 7) is 6.41. The van der Waals surface area contributed by atoms with Gasteiger partial charge in [-0.15, -0.1) is 0 Å². The highest BCUT2D eigenvalue weighted by Crippen LogP contribution is 2.33. The topological polar surface area (TPSA) is 41.1 Å². The van der Waals surface area contributed by atoms with Crippen LogP contribution in [0.3, 0.4) is 0 Å². The van der Waals surface area contributed by atoms with Crippen molar-refractivity contribution in [1.82, 2.24) is 10.6 Å². The van der Waals surface area contributed by atoms with Crippen LogP contribution in [0, 0.1) is 11.3 Å². The molecule has 0 aromatic rings. The molecule has 2 N–H and O–H groups in total. The second-order valence-corrected chi connectivity index (χ2v) is 7.29. The first-order valence-corrected chi connectivity index (χ1v) is 9.22. The summed E-state index contributed by atoms with van der Waals surface area (Å²) in [5.41, 5.74) is -0.132. The van der Waals surface area contributed by atoms with Gasteiger partial charge in [-0.1, -0.05) is 33.1 Å². The van der Waals surface area contributed by atoms with E-state index in [0.29, 0.717) is 11.9 Å². The molecule has 2 fully saturated rings. The molecule has 1 amide bonds. The molecular formula is C18H34N2O. The fraction of sp³-hybridized carbons (Fsp3) is 0.944. The lowest BCUT2D eigenvalue weighted by atomic mass is 9.75. The number of carbonyl (C=O) groups excluding carboxylic acids is 1. The Morgan fingerprint density at radius 1 is 1.19 bits per heavy atom. The maximum absolute atomic E-state index is 12.8. The number of amides is 1. The SMILES string of the molecule is CCCC1CCC(NC(=O)C2(CCC)CCCNC2)CC1. The Balaban J connectivity index is 1.85. The number of carbonyl (C=O) groups is 1. The van der Waals surface area contributed by atoms with E-state index in [1.807, 2.05) is 0 Å². The van der Waals surface area contributed by atoms with Crippen LogP contribution in [-0.2, 0) is 4.79 Å². The lowest BCUT2D eigenvalue weighted by Crippen LogP contribution is -2.53. The van der Waals surface area contributed by atoms with Crippen LogP contribution in [0.15, 0.2) is 0 Å². The summed E-state index contributed by atoms with van der Waals surface area (Å²) in [5.74, 6) is 1.24. The van der Waals surface area contributed by atoms with E-state index in [-0.39, 0.29) is 5.41 Å². The lowest BCUT2D eigenvalue weighted by Gasteiger charge is -2.38. The highest BCUT2D eigenvalue weighted by Gasteiger charge is 2.39. The van der Waals surface area contributed by atoms with Crippen LogP contribution in [0.2, 0.25) is 0 Å². The molecule has 0 aromatic heterocycles. The van der Waals surface area contributed by atoms with Crippen molar-refractivity contribution in [2.24, 2.45) is 11.3 Å². The van der Waals surface area contributed by atoms with Gasteiger partial charge in [0, 0.05) is 12.6 Å². The predicted molar refractivity (Wildman–Crippen MR) is 88.2 cm³/mol. The average Bonchev–Trinajstić information content (AvgIpc) is 2.51. The van der Waals surface area contributed by atoms with Crippen LogP contribution in [0.5, 0.6) is 0 Å². The molecule has 1 heterocycles. The van der Waals surface area contributed by atoms with Gasteiger partial charge in [-0.3, -0.25) is 4.79 Å². The smallest absolute Gasteiger partial charge is 0.227 e. The third-order valence-electron chi connectivity index (χ3n) is 5.56. The molecule has 1 saturated carbocycles. The standard InChI is InChI=1S/C18H34N2O/c1-3-6-15-7-9-16(10-8-15)20-17(21)18(11-4-2)12-5-13-19-14-18/h15-16,19H,3-14H2,1-2H3,(H,20,21). The summed E-state index contributed by atoms with van der Waals surface area (Å²) in [6.07, 6.45) is 12.0. The molecule has 122 valence electrons. The number of piperidine rings is 1. The van der Waals surface area contributed by atoms with Gasteiger partial charge in [0.2, 0.25) is 5.91 Å². The van der Waals surface area contributed by atoms with Crippen LogP contribution in [0.25, 0.3) is 0 Å². The number of nitrogens with one attached hydrogen (secondary N) is 2. The molecule has 1 aliphatic carbocycles. The van der Waals surface area contributed by atoms with E-state index in [9.17, 15) is 4.79 Å². The van der Waals surface area contributed by atoms with E-state index in [1.54, 1.807) is 0 Å². The minimum Gasteiger partial charge on any atom is -0.353 e. The Kier molecular flexibility index (Phi) is 6.53. The van der Waals surface area contributed by atoms with E-state index < -0.39 is 0 Å². The largest absolute Gasteiger partial charge is 0.353 e. The molecule has 1 unspecified atom stereocenters. The molecule has 21 heavy (non-hydrogen) atoms. The molecule has 3 nitrogen and oxygen atoms in total. The third kappa shape index (κ3) is 4.45. The van der Waals surface area contributed by atoms with E-state index in [1.165, 1.54) is 38.5 Å². The van der Waals surface area contributed by atoms with Gasteiger partial charge in [-0.25, -0.2) is 0 Å². The minimum absolute atomic E-state index is 0.132. The zero-order chi connectivity index (χ0) is 15.1. The Bertz CT molecular complexity index is 310. The van der Waals surface area contributed by atoms with Gasteiger partial charge in [-0.2, -0.15) is 0 Å². The van der Waals surface area contributed by atoms with E-state index in [4.69, 9.17) is 0 Å². The quantitative estimate of drug-likeness (QED) is 0.785. The summed E-state index contributed by atoms with van der Waals surface area (Å²) < 4.78 is 0. The fourth-order valence-electron chi connectivity index (χ4n) is 4.31. The second kappa shape index (κ2) is 8.17. The maximum atomic E-state index is 12.8. The Morgan fingerprint density at radius 2 is 1.95 bits per heavy atom. The van der Waals surface area contributed by atoms with E-state index in [0.717, 1.165) is 44.7 Å². The molecule has 2 aliphatic rings. The maximum Gasteiger partial charge on any atom is 0.227 e. The number of rotatable bonds is 6. The zero-order valence-corrected chi connectivity index (χ0v) is 14.0. The van der Waals surface area contributed by atoms with Crippen molar-refractivity contribution in [3.63, 3.8) is 0 Å². The zero-order valence-electron chi connectivity index (χ0n) is 14.0. The van der Waals surface area contributed by atoms with Crippen LogP contribution >= 0.6 is 0 Å². The van der Waals surface area contributed by atoms with Gasteiger partial charge in [0.1, 0.15) is 0 Å². The monoisotopic (exact) mass is 294 g/mol. The summed E-state index contributed by atoms with van der Waals surface area (Å²) in [7, 11) is 0. The van der Waals surface area contributed by atoms with Crippen LogP contribution in [-0.4, -0.2) is 25.0 Å². The molecule has 0 bridgehead atoms. The summed E-state index contributed by atoms with van der Waals surface area (Å²) >= 11 is 0. The van der Waals surface area contributed by atoms with Crippen molar-refractivity contribution in [2.45, 2.75) is 84.1 Å².